The minimum absolute atomic E-state index is 0.240. The molecule has 2 N–H and O–H groups in total. The van der Waals surface area contributed by atoms with Gasteiger partial charge in [0.05, 0.1) is 0 Å². The summed E-state index contributed by atoms with van der Waals surface area (Å²) in [5.74, 6) is -0.729. The third-order valence-electron chi connectivity index (χ3n) is 2.78. The number of halogens is 1. The lowest BCUT2D eigenvalue weighted by atomic mass is 10.2. The van der Waals surface area contributed by atoms with Crippen molar-refractivity contribution in [1.29, 1.82) is 0 Å². The third-order valence-corrected chi connectivity index (χ3v) is 3.04. The summed E-state index contributed by atoms with van der Waals surface area (Å²) in [7, 11) is 0. The van der Waals surface area contributed by atoms with Crippen molar-refractivity contribution in [1.82, 2.24) is 0 Å². The summed E-state index contributed by atoms with van der Waals surface area (Å²) in [5, 5.41) is 5.90. The number of hydrogen-bond acceptors (Lipinski definition) is 2. The summed E-state index contributed by atoms with van der Waals surface area (Å²) in [5.41, 5.74) is 2.38. The highest BCUT2D eigenvalue weighted by Crippen LogP contribution is 2.14. The van der Waals surface area contributed by atoms with Crippen LogP contribution in [0.25, 0.3) is 0 Å². The SMILES string of the molecule is Cc1ccc(NC(=O)CC(=O)Nc2ccc(Cl)cc2)cc1. The Hall–Kier alpha value is -2.33. The van der Waals surface area contributed by atoms with Gasteiger partial charge in [0, 0.05) is 16.4 Å². The zero-order chi connectivity index (χ0) is 15.2. The fourth-order valence-electron chi connectivity index (χ4n) is 1.73. The number of nitrogens with one attached hydrogen (secondary N) is 2. The number of rotatable bonds is 4. The molecule has 2 rings (SSSR count). The van der Waals surface area contributed by atoms with Crippen molar-refractivity contribution in [2.45, 2.75) is 13.3 Å². The van der Waals surface area contributed by atoms with Crippen LogP contribution in [0.3, 0.4) is 0 Å². The highest BCUT2D eigenvalue weighted by atomic mass is 35.5. The average molecular weight is 303 g/mol. The Morgan fingerprint density at radius 2 is 1.29 bits per heavy atom. The van der Waals surface area contributed by atoms with Gasteiger partial charge in [-0.1, -0.05) is 29.3 Å². The molecule has 0 aliphatic heterocycles. The Balaban J connectivity index is 1.85. The second kappa shape index (κ2) is 6.90. The van der Waals surface area contributed by atoms with Crippen LogP contribution in [-0.4, -0.2) is 11.8 Å². The minimum Gasteiger partial charge on any atom is -0.326 e. The zero-order valence-corrected chi connectivity index (χ0v) is 12.3. The molecule has 0 saturated carbocycles. The van der Waals surface area contributed by atoms with E-state index in [9.17, 15) is 9.59 Å². The van der Waals surface area contributed by atoms with E-state index < -0.39 is 0 Å². The molecule has 0 heterocycles. The summed E-state index contributed by atoms with van der Waals surface area (Å²) in [4.78, 5) is 23.5. The monoisotopic (exact) mass is 302 g/mol. The number of hydrogen-bond donors (Lipinski definition) is 2. The first-order chi connectivity index (χ1) is 10.0. The van der Waals surface area contributed by atoms with Gasteiger partial charge in [0.1, 0.15) is 6.42 Å². The van der Waals surface area contributed by atoms with Gasteiger partial charge in [-0.25, -0.2) is 0 Å². The van der Waals surface area contributed by atoms with Gasteiger partial charge in [0.15, 0.2) is 0 Å². The maximum Gasteiger partial charge on any atom is 0.233 e. The topological polar surface area (TPSA) is 58.2 Å². The maximum atomic E-state index is 11.8. The predicted molar refractivity (Wildman–Crippen MR) is 84.5 cm³/mol. The largest absolute Gasteiger partial charge is 0.326 e. The smallest absolute Gasteiger partial charge is 0.233 e. The Morgan fingerprint density at radius 1 is 0.857 bits per heavy atom. The van der Waals surface area contributed by atoms with Gasteiger partial charge in [-0.15, -0.1) is 0 Å². The van der Waals surface area contributed by atoms with Gasteiger partial charge in [-0.3, -0.25) is 9.59 Å². The van der Waals surface area contributed by atoms with E-state index in [4.69, 9.17) is 11.6 Å². The number of benzene rings is 2. The molecule has 2 aromatic rings. The fourth-order valence-corrected chi connectivity index (χ4v) is 1.85. The first-order valence-electron chi connectivity index (χ1n) is 6.45. The number of carbonyl (C=O) groups is 2. The van der Waals surface area contributed by atoms with E-state index in [2.05, 4.69) is 10.6 Å². The van der Waals surface area contributed by atoms with Crippen molar-refractivity contribution in [3.8, 4) is 0 Å². The molecule has 0 unspecified atom stereocenters. The molecule has 0 bridgehead atoms. The van der Waals surface area contributed by atoms with Gasteiger partial charge in [0.25, 0.3) is 0 Å². The highest BCUT2D eigenvalue weighted by molar-refractivity contribution is 6.30. The third kappa shape index (κ3) is 4.93. The number of amides is 2. The fraction of sp³-hybridized carbons (Fsp3) is 0.125. The molecule has 4 nitrogen and oxygen atoms in total. The van der Waals surface area contributed by atoms with Gasteiger partial charge in [-0.2, -0.15) is 0 Å². The van der Waals surface area contributed by atoms with E-state index in [0.717, 1.165) is 5.56 Å². The van der Waals surface area contributed by atoms with E-state index in [1.165, 1.54) is 0 Å². The summed E-state index contributed by atoms with van der Waals surface area (Å²) in [6.07, 6.45) is -0.240. The molecule has 0 aliphatic carbocycles. The second-order valence-electron chi connectivity index (χ2n) is 4.65. The summed E-state index contributed by atoms with van der Waals surface area (Å²) < 4.78 is 0. The lowest BCUT2D eigenvalue weighted by molar-refractivity contribution is -0.123. The molecule has 0 aromatic heterocycles. The van der Waals surface area contributed by atoms with Crippen LogP contribution in [0.15, 0.2) is 48.5 Å². The highest BCUT2D eigenvalue weighted by Gasteiger charge is 2.10. The van der Waals surface area contributed by atoms with Gasteiger partial charge in [-0.05, 0) is 43.3 Å². The van der Waals surface area contributed by atoms with Crippen molar-refractivity contribution < 1.29 is 9.59 Å². The van der Waals surface area contributed by atoms with Crippen LogP contribution >= 0.6 is 11.6 Å². The van der Waals surface area contributed by atoms with Crippen LogP contribution in [0.2, 0.25) is 5.02 Å². The first-order valence-corrected chi connectivity index (χ1v) is 6.83. The molecule has 2 amide bonds. The van der Waals surface area contributed by atoms with Crippen LogP contribution in [0.1, 0.15) is 12.0 Å². The quantitative estimate of drug-likeness (QED) is 0.848. The molecule has 108 valence electrons. The molecular formula is C16H15ClN2O2. The number of anilines is 2. The maximum absolute atomic E-state index is 11.8. The molecule has 0 spiro atoms. The molecule has 0 saturated heterocycles. The van der Waals surface area contributed by atoms with Crippen LogP contribution in [0.5, 0.6) is 0 Å². The van der Waals surface area contributed by atoms with Crippen LogP contribution in [0, 0.1) is 6.92 Å². The van der Waals surface area contributed by atoms with Crippen molar-refractivity contribution in [2.24, 2.45) is 0 Å². The molecule has 5 heteroatoms. The van der Waals surface area contributed by atoms with Crippen LogP contribution in [0.4, 0.5) is 11.4 Å². The Bertz CT molecular complexity index is 579. The second-order valence-corrected chi connectivity index (χ2v) is 5.08. The van der Waals surface area contributed by atoms with Crippen LogP contribution in [-0.2, 0) is 9.59 Å². The predicted octanol–water partition coefficient (Wildman–Crippen LogP) is 3.62. The van der Waals surface area contributed by atoms with Crippen molar-refractivity contribution in [2.75, 3.05) is 10.6 Å². The van der Waals surface area contributed by atoms with Gasteiger partial charge >= 0.3 is 0 Å². The van der Waals surface area contributed by atoms with Gasteiger partial charge < -0.3 is 10.6 Å². The Morgan fingerprint density at radius 3 is 1.76 bits per heavy atom. The Labute approximate surface area is 128 Å². The summed E-state index contributed by atoms with van der Waals surface area (Å²) in [6.45, 7) is 1.96. The minimum atomic E-state index is -0.373. The van der Waals surface area contributed by atoms with E-state index in [1.807, 2.05) is 19.1 Å². The van der Waals surface area contributed by atoms with Crippen molar-refractivity contribution in [3.05, 3.63) is 59.1 Å². The molecule has 0 aliphatic rings. The van der Waals surface area contributed by atoms with E-state index in [0.29, 0.717) is 16.4 Å². The summed E-state index contributed by atoms with van der Waals surface area (Å²) in [6, 6.07) is 14.1. The summed E-state index contributed by atoms with van der Waals surface area (Å²) >= 11 is 5.76. The Kier molecular flexibility index (Phi) is 4.95. The molecule has 0 radical (unpaired) electrons. The molecule has 0 atom stereocenters. The normalized spacial score (nSPS) is 10.0. The van der Waals surface area contributed by atoms with E-state index >= 15 is 0 Å². The lowest BCUT2D eigenvalue weighted by Gasteiger charge is -2.07. The molecule has 2 aromatic carbocycles. The number of carbonyl (C=O) groups excluding carboxylic acids is 2. The average Bonchev–Trinajstić information content (AvgIpc) is 2.44. The molecule has 0 fully saturated rings. The van der Waals surface area contributed by atoms with Crippen LogP contribution < -0.4 is 10.6 Å². The van der Waals surface area contributed by atoms with Crippen molar-refractivity contribution >= 4 is 34.8 Å². The van der Waals surface area contributed by atoms with Gasteiger partial charge in [0.2, 0.25) is 11.8 Å². The standard InChI is InChI=1S/C16H15ClN2O2/c1-11-2-6-13(7-3-11)18-15(20)10-16(21)19-14-8-4-12(17)5-9-14/h2-9H,10H2,1H3,(H,18,20)(H,19,21). The first kappa shape index (κ1) is 15.1. The van der Waals surface area contributed by atoms with E-state index in [1.54, 1.807) is 36.4 Å². The zero-order valence-electron chi connectivity index (χ0n) is 11.5. The number of aryl methyl sites for hydroxylation is 1. The molecular weight excluding hydrogens is 288 g/mol. The molecule has 21 heavy (non-hydrogen) atoms. The van der Waals surface area contributed by atoms with Crippen molar-refractivity contribution in [3.63, 3.8) is 0 Å². The van der Waals surface area contributed by atoms with E-state index in [-0.39, 0.29) is 18.2 Å². The lowest BCUT2D eigenvalue weighted by Crippen LogP contribution is -2.21.